The first-order valence-electron chi connectivity index (χ1n) is 7.76. The normalized spacial score (nSPS) is 11.5. The zero-order chi connectivity index (χ0) is 16.8. The number of rotatable bonds is 5. The molecule has 1 aromatic heterocycles. The van der Waals surface area contributed by atoms with Gasteiger partial charge in [0.15, 0.2) is 0 Å². The van der Waals surface area contributed by atoms with Crippen molar-refractivity contribution in [3.8, 4) is 11.5 Å². The van der Waals surface area contributed by atoms with Gasteiger partial charge in [0.05, 0.1) is 6.04 Å². The molecular formula is C20H18N2O2. The van der Waals surface area contributed by atoms with Gasteiger partial charge in [-0.2, -0.15) is 0 Å². The molecule has 0 unspecified atom stereocenters. The van der Waals surface area contributed by atoms with Gasteiger partial charge in [0.1, 0.15) is 11.5 Å². The van der Waals surface area contributed by atoms with Crippen molar-refractivity contribution in [2.75, 3.05) is 0 Å². The van der Waals surface area contributed by atoms with Gasteiger partial charge in [0, 0.05) is 18.0 Å². The number of carbonyl (C=O) groups excluding carboxylic acids is 1. The number of carbonyl (C=O) groups is 1. The summed E-state index contributed by atoms with van der Waals surface area (Å²) in [5, 5.41) is 2.97. The number of amides is 1. The maximum Gasteiger partial charge on any atom is 0.251 e. The first-order valence-corrected chi connectivity index (χ1v) is 7.76. The molecule has 24 heavy (non-hydrogen) atoms. The number of pyridine rings is 1. The average molecular weight is 318 g/mol. The Hall–Kier alpha value is -3.14. The second-order valence-electron chi connectivity index (χ2n) is 5.42. The molecule has 0 aliphatic heterocycles. The monoisotopic (exact) mass is 318 g/mol. The second-order valence-corrected chi connectivity index (χ2v) is 5.42. The predicted octanol–water partition coefficient (Wildman–Crippen LogP) is 4.36. The number of benzene rings is 2. The first-order chi connectivity index (χ1) is 11.7. The van der Waals surface area contributed by atoms with Crippen molar-refractivity contribution >= 4 is 5.91 Å². The molecule has 0 aliphatic carbocycles. The van der Waals surface area contributed by atoms with E-state index in [2.05, 4.69) is 10.3 Å². The topological polar surface area (TPSA) is 51.2 Å². The van der Waals surface area contributed by atoms with Crippen LogP contribution in [0.2, 0.25) is 0 Å². The molecule has 0 spiro atoms. The third-order valence-corrected chi connectivity index (χ3v) is 3.61. The Bertz CT molecular complexity index is 804. The Labute approximate surface area is 141 Å². The van der Waals surface area contributed by atoms with Gasteiger partial charge in [-0.25, -0.2) is 0 Å². The highest BCUT2D eigenvalue weighted by molar-refractivity contribution is 5.94. The van der Waals surface area contributed by atoms with E-state index < -0.39 is 0 Å². The van der Waals surface area contributed by atoms with Crippen molar-refractivity contribution in [1.29, 1.82) is 0 Å². The van der Waals surface area contributed by atoms with Crippen molar-refractivity contribution in [3.63, 3.8) is 0 Å². The summed E-state index contributed by atoms with van der Waals surface area (Å²) in [7, 11) is 0. The van der Waals surface area contributed by atoms with Gasteiger partial charge in [-0.15, -0.1) is 0 Å². The molecule has 0 saturated heterocycles. The summed E-state index contributed by atoms with van der Waals surface area (Å²) in [5.74, 6) is 1.21. The van der Waals surface area contributed by atoms with Crippen LogP contribution in [-0.4, -0.2) is 10.9 Å². The SMILES string of the molecule is C[C@@H](NC(=O)c1cccc(Oc2ccccc2)c1)c1cccnc1. The number of nitrogens with zero attached hydrogens (tertiary/aromatic N) is 1. The Morgan fingerprint density at radius 2 is 1.79 bits per heavy atom. The lowest BCUT2D eigenvalue weighted by Crippen LogP contribution is -2.26. The number of ether oxygens (including phenoxy) is 1. The Balaban J connectivity index is 1.70. The molecule has 0 saturated carbocycles. The zero-order valence-corrected chi connectivity index (χ0v) is 13.3. The number of para-hydroxylation sites is 1. The zero-order valence-electron chi connectivity index (χ0n) is 13.3. The van der Waals surface area contributed by atoms with Crippen molar-refractivity contribution in [2.45, 2.75) is 13.0 Å². The molecule has 3 aromatic rings. The fourth-order valence-corrected chi connectivity index (χ4v) is 2.32. The van der Waals surface area contributed by atoms with Crippen LogP contribution in [0, 0.1) is 0 Å². The standard InChI is InChI=1S/C20H18N2O2/c1-15(17-8-6-12-21-14-17)22-20(23)16-7-5-11-19(13-16)24-18-9-3-2-4-10-18/h2-15H,1H3,(H,22,23)/t15-/m1/s1. The fraction of sp³-hybridized carbons (Fsp3) is 0.100. The molecule has 4 heteroatoms. The summed E-state index contributed by atoms with van der Waals surface area (Å²) < 4.78 is 5.77. The third kappa shape index (κ3) is 3.98. The molecule has 1 heterocycles. The predicted molar refractivity (Wildman–Crippen MR) is 93.1 cm³/mol. The Kier molecular flexibility index (Phi) is 4.87. The molecule has 0 bridgehead atoms. The van der Waals surface area contributed by atoms with E-state index in [1.54, 1.807) is 24.5 Å². The van der Waals surface area contributed by atoms with Crippen LogP contribution >= 0.6 is 0 Å². The van der Waals surface area contributed by atoms with Crippen molar-refractivity contribution in [3.05, 3.63) is 90.3 Å². The molecule has 1 amide bonds. The van der Waals surface area contributed by atoms with E-state index in [0.717, 1.165) is 11.3 Å². The van der Waals surface area contributed by atoms with Crippen LogP contribution in [0.5, 0.6) is 11.5 Å². The molecule has 1 N–H and O–H groups in total. The average Bonchev–Trinajstić information content (AvgIpc) is 2.63. The van der Waals surface area contributed by atoms with E-state index >= 15 is 0 Å². The highest BCUT2D eigenvalue weighted by Gasteiger charge is 2.12. The summed E-state index contributed by atoms with van der Waals surface area (Å²) >= 11 is 0. The van der Waals surface area contributed by atoms with Crippen LogP contribution in [0.1, 0.15) is 28.9 Å². The van der Waals surface area contributed by atoms with Crippen LogP contribution in [0.15, 0.2) is 79.1 Å². The number of hydrogen-bond donors (Lipinski definition) is 1. The summed E-state index contributed by atoms with van der Waals surface area (Å²) in [5.41, 5.74) is 1.52. The molecule has 2 aromatic carbocycles. The van der Waals surface area contributed by atoms with Crippen LogP contribution in [0.4, 0.5) is 0 Å². The maximum atomic E-state index is 12.4. The van der Waals surface area contributed by atoms with Gasteiger partial charge in [-0.1, -0.05) is 30.3 Å². The van der Waals surface area contributed by atoms with Crippen molar-refractivity contribution in [2.24, 2.45) is 0 Å². The first kappa shape index (κ1) is 15.7. The molecule has 4 nitrogen and oxygen atoms in total. The molecule has 3 rings (SSSR count). The highest BCUT2D eigenvalue weighted by Crippen LogP contribution is 2.22. The van der Waals surface area contributed by atoms with Gasteiger partial charge < -0.3 is 10.1 Å². The van der Waals surface area contributed by atoms with Crippen LogP contribution in [0.3, 0.4) is 0 Å². The number of hydrogen-bond acceptors (Lipinski definition) is 3. The lowest BCUT2D eigenvalue weighted by Gasteiger charge is -2.14. The smallest absolute Gasteiger partial charge is 0.251 e. The molecule has 1 atom stereocenters. The van der Waals surface area contributed by atoms with E-state index in [-0.39, 0.29) is 11.9 Å². The van der Waals surface area contributed by atoms with Crippen molar-refractivity contribution in [1.82, 2.24) is 10.3 Å². The van der Waals surface area contributed by atoms with E-state index in [1.165, 1.54) is 0 Å². The lowest BCUT2D eigenvalue weighted by atomic mass is 10.1. The number of nitrogens with one attached hydrogen (secondary N) is 1. The summed E-state index contributed by atoms with van der Waals surface area (Å²) in [6.45, 7) is 1.93. The van der Waals surface area contributed by atoms with Gasteiger partial charge in [-0.05, 0) is 48.9 Å². The fourth-order valence-electron chi connectivity index (χ4n) is 2.32. The molecule has 0 radical (unpaired) electrons. The van der Waals surface area contributed by atoms with Gasteiger partial charge in [-0.3, -0.25) is 9.78 Å². The van der Waals surface area contributed by atoms with Gasteiger partial charge >= 0.3 is 0 Å². The van der Waals surface area contributed by atoms with Crippen LogP contribution < -0.4 is 10.1 Å². The van der Waals surface area contributed by atoms with E-state index in [9.17, 15) is 4.79 Å². The van der Waals surface area contributed by atoms with Gasteiger partial charge in [0.2, 0.25) is 0 Å². The maximum absolute atomic E-state index is 12.4. The largest absolute Gasteiger partial charge is 0.457 e. The summed E-state index contributed by atoms with van der Waals surface area (Å²) in [6, 6.07) is 20.3. The Morgan fingerprint density at radius 1 is 1.00 bits per heavy atom. The number of aromatic nitrogens is 1. The minimum Gasteiger partial charge on any atom is -0.457 e. The Morgan fingerprint density at radius 3 is 2.54 bits per heavy atom. The van der Waals surface area contributed by atoms with Crippen LogP contribution in [-0.2, 0) is 0 Å². The van der Waals surface area contributed by atoms with Crippen molar-refractivity contribution < 1.29 is 9.53 Å². The molecule has 0 fully saturated rings. The van der Waals surface area contributed by atoms with E-state index in [0.29, 0.717) is 11.3 Å². The summed E-state index contributed by atoms with van der Waals surface area (Å²) in [4.78, 5) is 16.5. The van der Waals surface area contributed by atoms with E-state index in [4.69, 9.17) is 4.74 Å². The van der Waals surface area contributed by atoms with E-state index in [1.807, 2.05) is 61.5 Å². The third-order valence-electron chi connectivity index (χ3n) is 3.61. The highest BCUT2D eigenvalue weighted by atomic mass is 16.5. The molecular weight excluding hydrogens is 300 g/mol. The lowest BCUT2D eigenvalue weighted by molar-refractivity contribution is 0.0939. The summed E-state index contributed by atoms with van der Waals surface area (Å²) in [6.07, 6.45) is 3.46. The minimum absolute atomic E-state index is 0.120. The quantitative estimate of drug-likeness (QED) is 0.760. The minimum atomic E-state index is -0.148. The molecule has 120 valence electrons. The molecule has 0 aliphatic rings. The second kappa shape index (κ2) is 7.42. The van der Waals surface area contributed by atoms with Gasteiger partial charge in [0.25, 0.3) is 5.91 Å². The van der Waals surface area contributed by atoms with Crippen LogP contribution in [0.25, 0.3) is 0 Å².